The Balaban J connectivity index is 2.30. The van der Waals surface area contributed by atoms with Crippen LogP contribution in [0.3, 0.4) is 0 Å². The summed E-state index contributed by atoms with van der Waals surface area (Å²) < 4.78 is 0. The lowest BCUT2D eigenvalue weighted by atomic mass is 10.0. The first-order valence-electron chi connectivity index (χ1n) is 6.29. The zero-order valence-electron chi connectivity index (χ0n) is 11.0. The molecule has 1 aromatic rings. The van der Waals surface area contributed by atoms with Gasteiger partial charge < -0.3 is 15.3 Å². The zero-order valence-corrected chi connectivity index (χ0v) is 11.0. The molecule has 0 radical (unpaired) electrons. The minimum Gasteiger partial charge on any atom is -0.393 e. The number of hydrogen-bond acceptors (Lipinski definition) is 6. The summed E-state index contributed by atoms with van der Waals surface area (Å²) in [4.78, 5) is 16.8. The fourth-order valence-corrected chi connectivity index (χ4v) is 2.33. The van der Waals surface area contributed by atoms with Crippen LogP contribution in [0.4, 0.5) is 17.3 Å². The van der Waals surface area contributed by atoms with Gasteiger partial charge in [-0.1, -0.05) is 0 Å². The van der Waals surface area contributed by atoms with E-state index in [9.17, 15) is 15.2 Å². The van der Waals surface area contributed by atoms with Gasteiger partial charge >= 0.3 is 5.69 Å². The van der Waals surface area contributed by atoms with Crippen molar-refractivity contribution in [2.45, 2.75) is 19.4 Å². The van der Waals surface area contributed by atoms with E-state index in [2.05, 4.69) is 10.3 Å². The molecule has 0 saturated carbocycles. The van der Waals surface area contributed by atoms with E-state index in [-0.39, 0.29) is 11.6 Å². The summed E-state index contributed by atoms with van der Waals surface area (Å²) in [5.74, 6) is 1.11. The van der Waals surface area contributed by atoms with Crippen molar-refractivity contribution in [3.63, 3.8) is 0 Å². The smallest absolute Gasteiger partial charge is 0.311 e. The molecular weight excluding hydrogens is 248 g/mol. The minimum atomic E-state index is -0.419. The number of hydrogen-bond donors (Lipinski definition) is 2. The highest BCUT2D eigenvalue weighted by Crippen LogP contribution is 2.32. The number of pyridine rings is 1. The molecule has 2 heterocycles. The summed E-state index contributed by atoms with van der Waals surface area (Å²) in [6.07, 6.45) is 0.414. The number of aliphatic hydroxyl groups excluding tert-OH is 1. The Kier molecular flexibility index (Phi) is 3.84. The van der Waals surface area contributed by atoms with Crippen molar-refractivity contribution < 1.29 is 10.0 Å². The molecule has 2 N–H and O–H groups in total. The third-order valence-electron chi connectivity index (χ3n) is 3.51. The van der Waals surface area contributed by atoms with Crippen molar-refractivity contribution in [3.05, 3.63) is 22.2 Å². The van der Waals surface area contributed by atoms with Crippen LogP contribution in [-0.4, -0.2) is 41.3 Å². The Bertz CT molecular complexity index is 478. The summed E-state index contributed by atoms with van der Waals surface area (Å²) in [5.41, 5.74) is 0.00485. The van der Waals surface area contributed by atoms with Gasteiger partial charge in [-0.2, -0.15) is 0 Å². The molecule has 1 aliphatic rings. The van der Waals surface area contributed by atoms with E-state index < -0.39 is 11.0 Å². The van der Waals surface area contributed by atoms with E-state index in [1.165, 1.54) is 6.07 Å². The summed E-state index contributed by atoms with van der Waals surface area (Å²) in [6.45, 7) is 3.02. The lowest BCUT2D eigenvalue weighted by molar-refractivity contribution is -0.384. The van der Waals surface area contributed by atoms with Gasteiger partial charge in [0, 0.05) is 32.1 Å². The lowest BCUT2D eigenvalue weighted by Crippen LogP contribution is -2.25. The summed E-state index contributed by atoms with van der Waals surface area (Å²) >= 11 is 0. The van der Waals surface area contributed by atoms with Gasteiger partial charge in [0.25, 0.3) is 0 Å². The molecule has 2 unspecified atom stereocenters. The largest absolute Gasteiger partial charge is 0.393 e. The zero-order chi connectivity index (χ0) is 14.0. The number of aromatic nitrogens is 1. The average molecular weight is 266 g/mol. The average Bonchev–Trinajstić information content (AvgIpc) is 2.87. The maximum Gasteiger partial charge on any atom is 0.311 e. The molecule has 7 heteroatoms. The molecule has 0 aliphatic carbocycles. The van der Waals surface area contributed by atoms with E-state index in [1.54, 1.807) is 20.0 Å². The van der Waals surface area contributed by atoms with Gasteiger partial charge in [-0.05, 0) is 19.4 Å². The fraction of sp³-hybridized carbons (Fsp3) is 0.583. The number of anilines is 2. The first-order chi connectivity index (χ1) is 9.02. The second-order valence-electron chi connectivity index (χ2n) is 4.78. The lowest BCUT2D eigenvalue weighted by Gasteiger charge is -2.19. The SMILES string of the molecule is CNc1ccc([N+](=O)[O-])c(N2CCC(C(C)O)C2)n1. The van der Waals surface area contributed by atoms with E-state index in [1.807, 2.05) is 4.90 Å². The van der Waals surface area contributed by atoms with Gasteiger partial charge in [0.15, 0.2) is 0 Å². The minimum absolute atomic E-state index is 0.00485. The highest BCUT2D eigenvalue weighted by molar-refractivity contribution is 5.62. The third kappa shape index (κ3) is 2.76. The molecule has 0 amide bonds. The van der Waals surface area contributed by atoms with Gasteiger partial charge in [0.05, 0.1) is 11.0 Å². The van der Waals surface area contributed by atoms with Crippen LogP contribution < -0.4 is 10.2 Å². The Morgan fingerprint density at radius 3 is 2.89 bits per heavy atom. The molecule has 2 rings (SSSR count). The Morgan fingerprint density at radius 1 is 1.63 bits per heavy atom. The van der Waals surface area contributed by atoms with Crippen LogP contribution in [0.5, 0.6) is 0 Å². The molecular formula is C12H18N4O3. The van der Waals surface area contributed by atoms with Gasteiger partial charge in [-0.3, -0.25) is 10.1 Å². The third-order valence-corrected chi connectivity index (χ3v) is 3.51. The second-order valence-corrected chi connectivity index (χ2v) is 4.78. The molecule has 104 valence electrons. The standard InChI is InChI=1S/C12H18N4O3/c1-8(17)9-5-6-15(7-9)12-10(16(18)19)3-4-11(13-2)14-12/h3-4,8-9,17H,5-7H2,1-2H3,(H,13,14). The maximum absolute atomic E-state index is 11.1. The summed E-state index contributed by atoms with van der Waals surface area (Å²) in [7, 11) is 1.72. The van der Waals surface area contributed by atoms with E-state index in [0.717, 1.165) is 6.42 Å². The molecule has 19 heavy (non-hydrogen) atoms. The summed E-state index contributed by atoms with van der Waals surface area (Å²) in [5, 5.41) is 23.5. The van der Waals surface area contributed by atoms with Crippen molar-refractivity contribution in [1.29, 1.82) is 0 Å². The van der Waals surface area contributed by atoms with Crippen LogP contribution in [0.25, 0.3) is 0 Å². The molecule has 1 aliphatic heterocycles. The monoisotopic (exact) mass is 266 g/mol. The normalized spacial score (nSPS) is 20.4. The second kappa shape index (κ2) is 5.40. The summed E-state index contributed by atoms with van der Waals surface area (Å²) in [6, 6.07) is 3.05. The van der Waals surface area contributed by atoms with E-state index >= 15 is 0 Å². The number of aliphatic hydroxyl groups is 1. The van der Waals surface area contributed by atoms with Gasteiger partial charge in [0.2, 0.25) is 5.82 Å². The number of nitrogens with one attached hydrogen (secondary N) is 1. The van der Waals surface area contributed by atoms with E-state index in [0.29, 0.717) is 24.7 Å². The Hall–Kier alpha value is -1.89. The molecule has 1 saturated heterocycles. The quantitative estimate of drug-likeness (QED) is 0.629. The van der Waals surface area contributed by atoms with Crippen LogP contribution in [-0.2, 0) is 0 Å². The molecule has 0 spiro atoms. The van der Waals surface area contributed by atoms with Gasteiger partial charge in [-0.15, -0.1) is 0 Å². The predicted molar refractivity (Wildman–Crippen MR) is 72.4 cm³/mol. The number of nitrogens with zero attached hydrogens (tertiary/aromatic N) is 3. The number of nitro groups is 1. The van der Waals surface area contributed by atoms with E-state index in [4.69, 9.17) is 0 Å². The van der Waals surface area contributed by atoms with Gasteiger partial charge in [-0.25, -0.2) is 4.98 Å². The van der Waals surface area contributed by atoms with Crippen molar-refractivity contribution in [2.75, 3.05) is 30.4 Å². The first kappa shape index (κ1) is 13.5. The van der Waals surface area contributed by atoms with Crippen molar-refractivity contribution in [3.8, 4) is 0 Å². The van der Waals surface area contributed by atoms with Crippen LogP contribution in [0.1, 0.15) is 13.3 Å². The fourth-order valence-electron chi connectivity index (χ4n) is 2.33. The predicted octanol–water partition coefficient (Wildman–Crippen LogP) is 1.24. The molecule has 7 nitrogen and oxygen atoms in total. The molecule has 1 aromatic heterocycles. The van der Waals surface area contributed by atoms with Crippen molar-refractivity contribution >= 4 is 17.3 Å². The van der Waals surface area contributed by atoms with Crippen LogP contribution in [0.2, 0.25) is 0 Å². The Labute approximate surface area is 111 Å². The molecule has 0 aromatic carbocycles. The van der Waals surface area contributed by atoms with Crippen molar-refractivity contribution in [1.82, 2.24) is 4.98 Å². The Morgan fingerprint density at radius 2 is 2.37 bits per heavy atom. The van der Waals surface area contributed by atoms with Crippen LogP contribution >= 0.6 is 0 Å². The van der Waals surface area contributed by atoms with Gasteiger partial charge in [0.1, 0.15) is 5.82 Å². The highest BCUT2D eigenvalue weighted by Gasteiger charge is 2.31. The molecule has 2 atom stereocenters. The highest BCUT2D eigenvalue weighted by atomic mass is 16.6. The maximum atomic E-state index is 11.1. The topological polar surface area (TPSA) is 91.5 Å². The first-order valence-corrected chi connectivity index (χ1v) is 6.29. The van der Waals surface area contributed by atoms with Crippen LogP contribution in [0, 0.1) is 16.0 Å². The van der Waals surface area contributed by atoms with Crippen LogP contribution in [0.15, 0.2) is 12.1 Å². The van der Waals surface area contributed by atoms with Crippen molar-refractivity contribution in [2.24, 2.45) is 5.92 Å². The molecule has 0 bridgehead atoms. The number of rotatable bonds is 4. The molecule has 1 fully saturated rings.